The van der Waals surface area contributed by atoms with Crippen LogP contribution < -0.4 is 5.32 Å². The van der Waals surface area contributed by atoms with Crippen LogP contribution in [-0.2, 0) is 9.53 Å². The summed E-state index contributed by atoms with van der Waals surface area (Å²) in [6.45, 7) is 6.52. The van der Waals surface area contributed by atoms with Gasteiger partial charge in [0.15, 0.2) is 0 Å². The van der Waals surface area contributed by atoms with Gasteiger partial charge >= 0.3 is 0 Å². The lowest BCUT2D eigenvalue weighted by atomic mass is 10.2. The third-order valence-electron chi connectivity index (χ3n) is 2.92. The standard InChI is InChI=1S/C12H24N2O2/c1-11(10-16-2)9-13-6-5-12(15)14-7-3-4-8-14/h11,13H,3-10H2,1-2H3. The largest absolute Gasteiger partial charge is 0.384 e. The lowest BCUT2D eigenvalue weighted by Gasteiger charge is -2.16. The lowest BCUT2D eigenvalue weighted by Crippen LogP contribution is -2.32. The number of nitrogens with one attached hydrogen (secondary N) is 1. The second kappa shape index (κ2) is 7.63. The van der Waals surface area contributed by atoms with Crippen molar-refractivity contribution in [2.45, 2.75) is 26.2 Å². The maximum absolute atomic E-state index is 11.7. The summed E-state index contributed by atoms with van der Waals surface area (Å²) in [7, 11) is 1.72. The molecule has 0 aromatic carbocycles. The van der Waals surface area contributed by atoms with Crippen LogP contribution in [0.25, 0.3) is 0 Å². The highest BCUT2D eigenvalue weighted by atomic mass is 16.5. The minimum atomic E-state index is 0.296. The maximum atomic E-state index is 11.7. The number of amides is 1. The molecule has 94 valence electrons. The first kappa shape index (κ1) is 13.5. The van der Waals surface area contributed by atoms with Crippen LogP contribution in [0.4, 0.5) is 0 Å². The molecular weight excluding hydrogens is 204 g/mol. The minimum Gasteiger partial charge on any atom is -0.384 e. The van der Waals surface area contributed by atoms with E-state index in [0.717, 1.165) is 32.8 Å². The Labute approximate surface area is 98.3 Å². The number of carbonyl (C=O) groups excluding carboxylic acids is 1. The smallest absolute Gasteiger partial charge is 0.223 e. The number of hydrogen-bond acceptors (Lipinski definition) is 3. The average Bonchev–Trinajstić information content (AvgIpc) is 2.78. The molecule has 4 heteroatoms. The van der Waals surface area contributed by atoms with E-state index in [0.29, 0.717) is 18.2 Å². The molecule has 0 aromatic heterocycles. The fraction of sp³-hybridized carbons (Fsp3) is 0.917. The van der Waals surface area contributed by atoms with Crippen LogP contribution in [0.1, 0.15) is 26.2 Å². The van der Waals surface area contributed by atoms with Crippen molar-refractivity contribution in [2.75, 3.05) is 39.9 Å². The van der Waals surface area contributed by atoms with Crippen molar-refractivity contribution < 1.29 is 9.53 Å². The van der Waals surface area contributed by atoms with E-state index in [1.807, 2.05) is 4.90 Å². The van der Waals surface area contributed by atoms with Gasteiger partial charge in [-0.05, 0) is 25.3 Å². The fourth-order valence-electron chi connectivity index (χ4n) is 2.01. The molecule has 0 spiro atoms. The number of likely N-dealkylation sites (tertiary alicyclic amines) is 1. The average molecular weight is 228 g/mol. The van der Waals surface area contributed by atoms with E-state index >= 15 is 0 Å². The van der Waals surface area contributed by atoms with E-state index in [4.69, 9.17) is 4.74 Å². The van der Waals surface area contributed by atoms with Crippen LogP contribution in [0, 0.1) is 5.92 Å². The Kier molecular flexibility index (Phi) is 6.42. The summed E-state index contributed by atoms with van der Waals surface area (Å²) in [6.07, 6.45) is 2.97. The van der Waals surface area contributed by atoms with E-state index in [-0.39, 0.29) is 0 Å². The van der Waals surface area contributed by atoms with Gasteiger partial charge in [0.25, 0.3) is 0 Å². The van der Waals surface area contributed by atoms with Crippen LogP contribution >= 0.6 is 0 Å². The van der Waals surface area contributed by atoms with Crippen molar-refractivity contribution in [1.82, 2.24) is 10.2 Å². The van der Waals surface area contributed by atoms with Crippen LogP contribution in [0.15, 0.2) is 0 Å². The molecule has 1 amide bonds. The Bertz CT molecular complexity index is 203. The molecule has 1 N–H and O–H groups in total. The van der Waals surface area contributed by atoms with Crippen LogP contribution in [0.3, 0.4) is 0 Å². The molecule has 1 atom stereocenters. The van der Waals surface area contributed by atoms with Gasteiger partial charge in [-0.3, -0.25) is 4.79 Å². The van der Waals surface area contributed by atoms with Gasteiger partial charge in [-0.25, -0.2) is 0 Å². The van der Waals surface area contributed by atoms with Crippen molar-refractivity contribution >= 4 is 5.91 Å². The molecule has 16 heavy (non-hydrogen) atoms. The van der Waals surface area contributed by atoms with E-state index in [2.05, 4.69) is 12.2 Å². The lowest BCUT2D eigenvalue weighted by molar-refractivity contribution is -0.130. The van der Waals surface area contributed by atoms with Crippen molar-refractivity contribution in [3.63, 3.8) is 0 Å². The fourth-order valence-corrected chi connectivity index (χ4v) is 2.01. The monoisotopic (exact) mass is 228 g/mol. The number of methoxy groups -OCH3 is 1. The van der Waals surface area contributed by atoms with Crippen LogP contribution in [0.5, 0.6) is 0 Å². The van der Waals surface area contributed by atoms with Gasteiger partial charge in [-0.1, -0.05) is 6.92 Å². The van der Waals surface area contributed by atoms with Gasteiger partial charge < -0.3 is 15.0 Å². The summed E-state index contributed by atoms with van der Waals surface area (Å²) < 4.78 is 5.05. The summed E-state index contributed by atoms with van der Waals surface area (Å²) in [5.74, 6) is 0.802. The predicted molar refractivity (Wildman–Crippen MR) is 64.3 cm³/mol. The first-order valence-corrected chi connectivity index (χ1v) is 6.21. The zero-order valence-electron chi connectivity index (χ0n) is 10.5. The molecule has 0 aromatic rings. The van der Waals surface area contributed by atoms with Gasteiger partial charge in [0.05, 0.1) is 0 Å². The molecule has 0 bridgehead atoms. The third-order valence-corrected chi connectivity index (χ3v) is 2.92. The summed E-state index contributed by atoms with van der Waals surface area (Å²) in [6, 6.07) is 0. The van der Waals surface area contributed by atoms with Crippen molar-refractivity contribution in [3.8, 4) is 0 Å². The predicted octanol–water partition coefficient (Wildman–Crippen LogP) is 0.871. The number of rotatable bonds is 7. The third kappa shape index (κ3) is 4.94. The van der Waals surface area contributed by atoms with Gasteiger partial charge in [0.2, 0.25) is 5.91 Å². The number of carbonyl (C=O) groups is 1. The first-order valence-electron chi connectivity index (χ1n) is 6.21. The Hall–Kier alpha value is -0.610. The molecule has 1 saturated heterocycles. The zero-order chi connectivity index (χ0) is 11.8. The summed E-state index contributed by atoms with van der Waals surface area (Å²) >= 11 is 0. The van der Waals surface area contributed by atoms with Crippen LogP contribution in [0.2, 0.25) is 0 Å². The Balaban J connectivity index is 1.99. The quantitative estimate of drug-likeness (QED) is 0.657. The second-order valence-electron chi connectivity index (χ2n) is 4.60. The first-order chi connectivity index (χ1) is 7.74. The summed E-state index contributed by atoms with van der Waals surface area (Å²) in [5.41, 5.74) is 0. The summed E-state index contributed by atoms with van der Waals surface area (Å²) in [5, 5.41) is 3.30. The number of nitrogens with zero attached hydrogens (tertiary/aromatic N) is 1. The van der Waals surface area contributed by atoms with E-state index in [1.165, 1.54) is 12.8 Å². The second-order valence-corrected chi connectivity index (χ2v) is 4.60. The van der Waals surface area contributed by atoms with Crippen molar-refractivity contribution in [3.05, 3.63) is 0 Å². The highest BCUT2D eigenvalue weighted by Crippen LogP contribution is 2.08. The zero-order valence-corrected chi connectivity index (χ0v) is 10.5. The number of hydrogen-bond donors (Lipinski definition) is 1. The molecule has 0 radical (unpaired) electrons. The topological polar surface area (TPSA) is 41.6 Å². The van der Waals surface area contributed by atoms with E-state index < -0.39 is 0 Å². The Morgan fingerprint density at radius 1 is 1.44 bits per heavy atom. The van der Waals surface area contributed by atoms with Crippen molar-refractivity contribution in [1.29, 1.82) is 0 Å². The SMILES string of the molecule is COCC(C)CNCCC(=O)N1CCCC1. The highest BCUT2D eigenvalue weighted by molar-refractivity contribution is 5.76. The molecule has 0 aliphatic carbocycles. The van der Waals surface area contributed by atoms with Gasteiger partial charge in [0.1, 0.15) is 0 Å². The molecule has 1 aliphatic heterocycles. The Morgan fingerprint density at radius 3 is 2.75 bits per heavy atom. The Morgan fingerprint density at radius 2 is 2.12 bits per heavy atom. The number of ether oxygens (including phenoxy) is 1. The van der Waals surface area contributed by atoms with Crippen molar-refractivity contribution in [2.24, 2.45) is 5.92 Å². The molecule has 1 rings (SSSR count). The molecule has 1 unspecified atom stereocenters. The molecule has 0 saturated carbocycles. The molecule has 1 fully saturated rings. The maximum Gasteiger partial charge on any atom is 0.223 e. The van der Waals surface area contributed by atoms with E-state index in [1.54, 1.807) is 7.11 Å². The minimum absolute atomic E-state index is 0.296. The summed E-state index contributed by atoms with van der Waals surface area (Å²) in [4.78, 5) is 13.6. The molecule has 1 aliphatic rings. The van der Waals surface area contributed by atoms with Gasteiger partial charge in [-0.2, -0.15) is 0 Å². The normalized spacial score (nSPS) is 17.8. The van der Waals surface area contributed by atoms with Gasteiger partial charge in [0, 0.05) is 39.8 Å². The molecule has 1 heterocycles. The van der Waals surface area contributed by atoms with E-state index in [9.17, 15) is 4.79 Å². The molecular formula is C12H24N2O2. The molecule has 4 nitrogen and oxygen atoms in total. The highest BCUT2D eigenvalue weighted by Gasteiger charge is 2.16. The van der Waals surface area contributed by atoms with Crippen LogP contribution in [-0.4, -0.2) is 50.7 Å². The van der Waals surface area contributed by atoms with Gasteiger partial charge in [-0.15, -0.1) is 0 Å².